The van der Waals surface area contributed by atoms with Gasteiger partial charge in [-0.25, -0.2) is 9.97 Å². The summed E-state index contributed by atoms with van der Waals surface area (Å²) in [4.78, 5) is 9.80. The number of fused-ring (bicyclic) bond motifs is 1. The van der Waals surface area contributed by atoms with Gasteiger partial charge < -0.3 is 14.5 Å². The molecule has 2 aromatic rings. The molecule has 0 atom stereocenters. The summed E-state index contributed by atoms with van der Waals surface area (Å²) in [6.45, 7) is 2.15. The smallest absolute Gasteiger partial charge is 0.134 e. The van der Waals surface area contributed by atoms with Gasteiger partial charge in [0, 0.05) is 24.3 Å². The summed E-state index contributed by atoms with van der Waals surface area (Å²) in [5.41, 5.74) is 2.39. The number of ether oxygens (including phenoxy) is 1. The molecule has 1 aliphatic carbocycles. The Morgan fingerprint density at radius 3 is 2.83 bits per heavy atom. The summed E-state index contributed by atoms with van der Waals surface area (Å²) in [7, 11) is 0. The fourth-order valence-corrected chi connectivity index (χ4v) is 3.56. The Bertz CT molecular complexity index is 649. The molecule has 3 heterocycles. The molecule has 4 rings (SSSR count). The van der Waals surface area contributed by atoms with Crippen molar-refractivity contribution in [2.45, 2.75) is 51.0 Å². The molecule has 2 aromatic heterocycles. The first-order valence-corrected chi connectivity index (χ1v) is 8.64. The summed E-state index contributed by atoms with van der Waals surface area (Å²) in [6, 6.07) is 3.89. The predicted molar refractivity (Wildman–Crippen MR) is 87.5 cm³/mol. The Hall–Kier alpha value is -1.88. The van der Waals surface area contributed by atoms with Crippen LogP contribution in [0.2, 0.25) is 0 Å². The molecule has 0 saturated heterocycles. The highest BCUT2D eigenvalue weighted by atomic mass is 16.5. The van der Waals surface area contributed by atoms with Crippen molar-refractivity contribution in [2.75, 3.05) is 18.5 Å². The van der Waals surface area contributed by atoms with Gasteiger partial charge in [0.25, 0.3) is 0 Å². The Balaban J connectivity index is 1.64. The van der Waals surface area contributed by atoms with Crippen LogP contribution in [0.5, 0.6) is 0 Å². The van der Waals surface area contributed by atoms with Gasteiger partial charge in [-0.05, 0) is 25.0 Å². The number of nitrogens with zero attached hydrogens (tertiary/aromatic N) is 2. The maximum atomic E-state index is 5.63. The van der Waals surface area contributed by atoms with E-state index in [1.807, 2.05) is 12.1 Å². The van der Waals surface area contributed by atoms with E-state index in [9.17, 15) is 0 Å². The quantitative estimate of drug-likeness (QED) is 0.936. The molecule has 1 fully saturated rings. The predicted octanol–water partition coefficient (Wildman–Crippen LogP) is 3.45. The molecular formula is C18H23N3O2. The van der Waals surface area contributed by atoms with Crippen molar-refractivity contribution in [2.24, 2.45) is 0 Å². The Kier molecular flexibility index (Phi) is 4.28. The second kappa shape index (κ2) is 6.71. The molecule has 5 nitrogen and oxygen atoms in total. The number of anilines is 1. The standard InChI is InChI=1S/C18H23N3O2/c1-2-5-13(4-1)17-20-16-8-11-22-10-7-15(16)18(21-17)19-12-14-6-3-9-23-14/h3,6,9,13H,1-2,4-5,7-8,10-12H2,(H,19,20,21). The number of rotatable bonds is 4. The summed E-state index contributed by atoms with van der Waals surface area (Å²) in [5.74, 6) is 3.43. The van der Waals surface area contributed by atoms with E-state index in [1.54, 1.807) is 6.26 Å². The molecule has 1 aliphatic heterocycles. The molecule has 122 valence electrons. The van der Waals surface area contributed by atoms with Crippen molar-refractivity contribution >= 4 is 5.82 Å². The minimum absolute atomic E-state index is 0.522. The number of hydrogen-bond acceptors (Lipinski definition) is 5. The molecule has 5 heteroatoms. The third-order valence-electron chi connectivity index (χ3n) is 4.82. The zero-order valence-corrected chi connectivity index (χ0v) is 13.4. The lowest BCUT2D eigenvalue weighted by Gasteiger charge is -2.16. The first-order valence-electron chi connectivity index (χ1n) is 8.64. The topological polar surface area (TPSA) is 60.2 Å². The third kappa shape index (κ3) is 3.24. The lowest BCUT2D eigenvalue weighted by Crippen LogP contribution is -2.13. The van der Waals surface area contributed by atoms with Gasteiger partial charge in [-0.1, -0.05) is 12.8 Å². The van der Waals surface area contributed by atoms with Crippen LogP contribution in [0.4, 0.5) is 5.82 Å². The van der Waals surface area contributed by atoms with Gasteiger partial charge in [0.1, 0.15) is 17.4 Å². The summed E-state index contributed by atoms with van der Waals surface area (Å²) in [5, 5.41) is 3.47. The third-order valence-corrected chi connectivity index (χ3v) is 4.82. The Morgan fingerprint density at radius 2 is 2.00 bits per heavy atom. The van der Waals surface area contributed by atoms with Crippen molar-refractivity contribution in [3.8, 4) is 0 Å². The zero-order valence-electron chi connectivity index (χ0n) is 13.4. The van der Waals surface area contributed by atoms with E-state index in [2.05, 4.69) is 5.32 Å². The molecular weight excluding hydrogens is 290 g/mol. The van der Waals surface area contributed by atoms with Crippen LogP contribution >= 0.6 is 0 Å². The van der Waals surface area contributed by atoms with Crippen LogP contribution in [0.3, 0.4) is 0 Å². The highest BCUT2D eigenvalue weighted by molar-refractivity contribution is 5.48. The largest absolute Gasteiger partial charge is 0.467 e. The normalized spacial score (nSPS) is 18.6. The van der Waals surface area contributed by atoms with E-state index in [4.69, 9.17) is 19.1 Å². The second-order valence-electron chi connectivity index (χ2n) is 6.38. The minimum Gasteiger partial charge on any atom is -0.467 e. The van der Waals surface area contributed by atoms with Gasteiger partial charge >= 0.3 is 0 Å². The monoisotopic (exact) mass is 313 g/mol. The number of nitrogens with one attached hydrogen (secondary N) is 1. The van der Waals surface area contributed by atoms with Gasteiger partial charge in [0.05, 0.1) is 31.7 Å². The number of aromatic nitrogens is 2. The van der Waals surface area contributed by atoms with Crippen LogP contribution in [0.15, 0.2) is 22.8 Å². The SMILES string of the molecule is c1coc(CNc2nc(C3CCCC3)nc3c2CCOCC3)c1. The molecule has 0 bridgehead atoms. The summed E-state index contributed by atoms with van der Waals surface area (Å²) in [6.07, 6.45) is 8.48. The average molecular weight is 313 g/mol. The molecule has 1 N–H and O–H groups in total. The van der Waals surface area contributed by atoms with E-state index in [0.29, 0.717) is 12.5 Å². The lowest BCUT2D eigenvalue weighted by molar-refractivity contribution is 0.146. The van der Waals surface area contributed by atoms with Gasteiger partial charge in [0.2, 0.25) is 0 Å². The van der Waals surface area contributed by atoms with Crippen LogP contribution in [-0.4, -0.2) is 23.2 Å². The van der Waals surface area contributed by atoms with Crippen molar-refractivity contribution in [1.29, 1.82) is 0 Å². The van der Waals surface area contributed by atoms with Crippen molar-refractivity contribution in [3.05, 3.63) is 41.2 Å². The molecule has 0 amide bonds. The number of hydrogen-bond donors (Lipinski definition) is 1. The summed E-state index contributed by atoms with van der Waals surface area (Å²) >= 11 is 0. The van der Waals surface area contributed by atoms with E-state index < -0.39 is 0 Å². The minimum atomic E-state index is 0.522. The Morgan fingerprint density at radius 1 is 1.13 bits per heavy atom. The first kappa shape index (κ1) is 14.7. The Labute approximate surface area is 136 Å². The first-order chi connectivity index (χ1) is 11.4. The number of furan rings is 1. The van der Waals surface area contributed by atoms with E-state index in [1.165, 1.54) is 36.9 Å². The average Bonchev–Trinajstić information content (AvgIpc) is 3.23. The zero-order chi connectivity index (χ0) is 15.5. The van der Waals surface area contributed by atoms with Crippen molar-refractivity contribution in [1.82, 2.24) is 9.97 Å². The maximum Gasteiger partial charge on any atom is 0.134 e. The summed E-state index contributed by atoms with van der Waals surface area (Å²) < 4.78 is 11.1. The second-order valence-corrected chi connectivity index (χ2v) is 6.38. The lowest BCUT2D eigenvalue weighted by atomic mass is 10.0. The van der Waals surface area contributed by atoms with Crippen LogP contribution < -0.4 is 5.32 Å². The van der Waals surface area contributed by atoms with Crippen molar-refractivity contribution < 1.29 is 9.15 Å². The van der Waals surface area contributed by atoms with E-state index in [0.717, 1.165) is 43.5 Å². The van der Waals surface area contributed by atoms with Gasteiger partial charge in [-0.3, -0.25) is 0 Å². The van der Waals surface area contributed by atoms with Crippen LogP contribution in [0.1, 0.15) is 54.4 Å². The molecule has 0 radical (unpaired) electrons. The molecule has 1 saturated carbocycles. The van der Waals surface area contributed by atoms with Gasteiger partial charge in [-0.15, -0.1) is 0 Å². The van der Waals surface area contributed by atoms with E-state index >= 15 is 0 Å². The highest BCUT2D eigenvalue weighted by Gasteiger charge is 2.24. The fourth-order valence-electron chi connectivity index (χ4n) is 3.56. The molecule has 0 spiro atoms. The molecule has 23 heavy (non-hydrogen) atoms. The van der Waals surface area contributed by atoms with Crippen LogP contribution in [0.25, 0.3) is 0 Å². The molecule has 0 aromatic carbocycles. The maximum absolute atomic E-state index is 5.63. The molecule has 0 unspecified atom stereocenters. The van der Waals surface area contributed by atoms with Gasteiger partial charge in [-0.2, -0.15) is 0 Å². The van der Waals surface area contributed by atoms with Gasteiger partial charge in [0.15, 0.2) is 0 Å². The van der Waals surface area contributed by atoms with E-state index in [-0.39, 0.29) is 0 Å². The van der Waals surface area contributed by atoms with Crippen LogP contribution in [0, 0.1) is 0 Å². The van der Waals surface area contributed by atoms with Crippen LogP contribution in [-0.2, 0) is 24.1 Å². The van der Waals surface area contributed by atoms with Crippen molar-refractivity contribution in [3.63, 3.8) is 0 Å². The molecule has 2 aliphatic rings. The highest BCUT2D eigenvalue weighted by Crippen LogP contribution is 2.34. The fraction of sp³-hybridized carbons (Fsp3) is 0.556.